The van der Waals surface area contributed by atoms with Gasteiger partial charge in [0.2, 0.25) is 0 Å². The summed E-state index contributed by atoms with van der Waals surface area (Å²) in [5.41, 5.74) is 4.90. The number of rotatable bonds is 4. The van der Waals surface area contributed by atoms with Crippen molar-refractivity contribution >= 4 is 10.1 Å². The van der Waals surface area contributed by atoms with E-state index in [0.717, 1.165) is 0 Å². The van der Waals surface area contributed by atoms with Crippen LogP contribution < -0.4 is 5.73 Å². The maximum atomic E-state index is 10.4. The third-order valence-electron chi connectivity index (χ3n) is 0.600. The van der Waals surface area contributed by atoms with E-state index in [0.29, 0.717) is 0 Å². The summed E-state index contributed by atoms with van der Waals surface area (Å²) in [6.07, 6.45) is 0. The Morgan fingerprint density at radius 1 is 1.56 bits per heavy atom. The summed E-state index contributed by atoms with van der Waals surface area (Å²) in [7, 11) is -3.56. The summed E-state index contributed by atoms with van der Waals surface area (Å²) in [6, 6.07) is 0. The molecule has 0 atom stereocenters. The lowest BCUT2D eigenvalue weighted by Gasteiger charge is -1.97. The van der Waals surface area contributed by atoms with Crippen LogP contribution in [0.2, 0.25) is 0 Å². The summed E-state index contributed by atoms with van der Waals surface area (Å²) in [4.78, 5) is 0. The first-order valence-electron chi connectivity index (χ1n) is 2.30. The second-order valence-corrected chi connectivity index (χ2v) is 3.06. The average molecular weight is 155 g/mol. The molecule has 0 aromatic heterocycles. The van der Waals surface area contributed by atoms with Crippen molar-refractivity contribution in [2.75, 3.05) is 19.1 Å². The Bertz CT molecular complexity index is 139. The van der Waals surface area contributed by atoms with Crippen LogP contribution in [0.25, 0.3) is 0 Å². The summed E-state index contributed by atoms with van der Waals surface area (Å²) < 4.78 is 24.7. The Morgan fingerprint density at radius 3 is 2.44 bits per heavy atom. The molecule has 5 nitrogen and oxygen atoms in total. The fourth-order valence-electron chi connectivity index (χ4n) is 0.284. The summed E-state index contributed by atoms with van der Waals surface area (Å²) in [5, 5.41) is 7.99. The van der Waals surface area contributed by atoms with Gasteiger partial charge in [0, 0.05) is 6.54 Å². The minimum atomic E-state index is -3.56. The molecule has 0 radical (unpaired) electrons. The summed E-state index contributed by atoms with van der Waals surface area (Å²) >= 11 is 0. The van der Waals surface area contributed by atoms with Gasteiger partial charge in [-0.15, -0.1) is 0 Å². The van der Waals surface area contributed by atoms with Gasteiger partial charge in [-0.25, -0.2) is 4.18 Å². The molecule has 0 heterocycles. The zero-order valence-electron chi connectivity index (χ0n) is 4.78. The summed E-state index contributed by atoms with van der Waals surface area (Å²) in [5.74, 6) is -0.256. The van der Waals surface area contributed by atoms with E-state index in [-0.39, 0.29) is 12.3 Å². The van der Waals surface area contributed by atoms with E-state index in [1.54, 1.807) is 0 Å². The molecule has 0 aliphatic heterocycles. The van der Waals surface area contributed by atoms with Crippen LogP contribution in [0.1, 0.15) is 0 Å². The molecule has 0 saturated carbocycles. The molecule has 0 rings (SSSR count). The first-order chi connectivity index (χ1) is 4.12. The van der Waals surface area contributed by atoms with Crippen molar-refractivity contribution in [3.8, 4) is 0 Å². The first kappa shape index (κ1) is 8.83. The molecule has 0 spiro atoms. The number of hydrogen-bond donors (Lipinski definition) is 2. The van der Waals surface area contributed by atoms with Crippen LogP contribution in [-0.4, -0.2) is 32.6 Å². The zero-order valence-corrected chi connectivity index (χ0v) is 5.60. The molecule has 0 bridgehead atoms. The van der Waals surface area contributed by atoms with E-state index in [2.05, 4.69) is 4.18 Å². The van der Waals surface area contributed by atoms with Gasteiger partial charge in [0.1, 0.15) is 0 Å². The lowest BCUT2D eigenvalue weighted by Crippen LogP contribution is -2.18. The maximum absolute atomic E-state index is 10.4. The van der Waals surface area contributed by atoms with Crippen LogP contribution in [0, 0.1) is 0 Å². The quantitative estimate of drug-likeness (QED) is 0.371. The SMILES string of the molecule is NCCS(=O)(=O)OCO. The van der Waals surface area contributed by atoms with Crippen LogP contribution in [0.4, 0.5) is 0 Å². The number of hydrogen-bond acceptors (Lipinski definition) is 5. The van der Waals surface area contributed by atoms with Gasteiger partial charge in [-0.05, 0) is 0 Å². The van der Waals surface area contributed by atoms with Gasteiger partial charge in [-0.2, -0.15) is 8.42 Å². The molecular formula is C3H9NO4S. The van der Waals surface area contributed by atoms with Crippen molar-refractivity contribution in [2.45, 2.75) is 0 Å². The van der Waals surface area contributed by atoms with Crippen molar-refractivity contribution in [1.82, 2.24) is 0 Å². The van der Waals surface area contributed by atoms with E-state index < -0.39 is 16.9 Å². The Morgan fingerprint density at radius 2 is 2.11 bits per heavy atom. The highest BCUT2D eigenvalue weighted by Crippen LogP contribution is 1.88. The standard InChI is InChI=1S/C3H9NO4S/c4-1-2-9(6,7)8-3-5/h5H,1-4H2. The van der Waals surface area contributed by atoms with Gasteiger partial charge in [0.15, 0.2) is 6.79 Å². The van der Waals surface area contributed by atoms with Gasteiger partial charge in [-0.3, -0.25) is 0 Å². The minimum Gasteiger partial charge on any atom is -0.369 e. The second-order valence-electron chi connectivity index (χ2n) is 1.30. The largest absolute Gasteiger partial charge is 0.369 e. The lowest BCUT2D eigenvalue weighted by molar-refractivity contribution is 0.105. The molecule has 0 aliphatic carbocycles. The average Bonchev–Trinajstić information content (AvgIpc) is 1.64. The number of nitrogens with two attached hydrogens (primary N) is 1. The Balaban J connectivity index is 3.73. The Hall–Kier alpha value is -0.170. The van der Waals surface area contributed by atoms with Crippen LogP contribution in [0.3, 0.4) is 0 Å². The van der Waals surface area contributed by atoms with E-state index in [4.69, 9.17) is 10.8 Å². The molecule has 9 heavy (non-hydrogen) atoms. The van der Waals surface area contributed by atoms with E-state index in [1.807, 2.05) is 0 Å². The monoisotopic (exact) mass is 155 g/mol. The Kier molecular flexibility index (Phi) is 3.71. The molecule has 0 saturated heterocycles. The first-order valence-corrected chi connectivity index (χ1v) is 3.88. The highest BCUT2D eigenvalue weighted by molar-refractivity contribution is 7.86. The summed E-state index contributed by atoms with van der Waals surface area (Å²) in [6.45, 7) is -0.815. The number of aliphatic hydroxyl groups excluding tert-OH is 1. The molecule has 0 aromatic carbocycles. The molecule has 0 aromatic rings. The van der Waals surface area contributed by atoms with Gasteiger partial charge in [0.05, 0.1) is 5.75 Å². The van der Waals surface area contributed by atoms with E-state index in [9.17, 15) is 8.42 Å². The van der Waals surface area contributed by atoms with Crippen molar-refractivity contribution in [1.29, 1.82) is 0 Å². The number of aliphatic hydroxyl groups is 1. The fourth-order valence-corrected chi connectivity index (χ4v) is 0.851. The maximum Gasteiger partial charge on any atom is 0.270 e. The molecular weight excluding hydrogens is 146 g/mol. The van der Waals surface area contributed by atoms with Crippen LogP contribution in [0.15, 0.2) is 0 Å². The molecule has 56 valence electrons. The van der Waals surface area contributed by atoms with Gasteiger partial charge >= 0.3 is 0 Å². The predicted molar refractivity (Wildman–Crippen MR) is 31.0 cm³/mol. The molecule has 0 unspecified atom stereocenters. The van der Waals surface area contributed by atoms with Gasteiger partial charge in [-0.1, -0.05) is 0 Å². The van der Waals surface area contributed by atoms with Gasteiger partial charge in [0.25, 0.3) is 10.1 Å². The molecule has 0 fully saturated rings. The molecule has 0 amide bonds. The van der Waals surface area contributed by atoms with E-state index >= 15 is 0 Å². The minimum absolute atomic E-state index is 0.00231. The second kappa shape index (κ2) is 3.78. The zero-order chi connectivity index (χ0) is 7.33. The predicted octanol–water partition coefficient (Wildman–Crippen LogP) is -1.76. The lowest BCUT2D eigenvalue weighted by atomic mass is 10.8. The smallest absolute Gasteiger partial charge is 0.270 e. The molecule has 0 aliphatic rings. The van der Waals surface area contributed by atoms with Crippen molar-refractivity contribution in [2.24, 2.45) is 5.73 Å². The molecule has 3 N–H and O–H groups in total. The third kappa shape index (κ3) is 4.34. The normalized spacial score (nSPS) is 11.8. The Labute approximate surface area is 53.6 Å². The van der Waals surface area contributed by atoms with E-state index in [1.165, 1.54) is 0 Å². The molecule has 6 heteroatoms. The fraction of sp³-hybridized carbons (Fsp3) is 1.00. The van der Waals surface area contributed by atoms with Crippen LogP contribution in [0.5, 0.6) is 0 Å². The van der Waals surface area contributed by atoms with Crippen LogP contribution >= 0.6 is 0 Å². The topological polar surface area (TPSA) is 89.6 Å². The van der Waals surface area contributed by atoms with Crippen molar-refractivity contribution in [3.05, 3.63) is 0 Å². The van der Waals surface area contributed by atoms with Crippen LogP contribution in [-0.2, 0) is 14.3 Å². The highest BCUT2D eigenvalue weighted by Gasteiger charge is 2.06. The van der Waals surface area contributed by atoms with Gasteiger partial charge < -0.3 is 10.8 Å². The van der Waals surface area contributed by atoms with Crippen molar-refractivity contribution in [3.63, 3.8) is 0 Å². The third-order valence-corrected chi connectivity index (χ3v) is 1.80. The highest BCUT2D eigenvalue weighted by atomic mass is 32.2. The van der Waals surface area contributed by atoms with Crippen molar-refractivity contribution < 1.29 is 17.7 Å².